The first kappa shape index (κ1) is 13.0. The molecule has 0 atom stereocenters. The van der Waals surface area contributed by atoms with Gasteiger partial charge in [-0.2, -0.15) is 10.1 Å². The minimum atomic E-state index is -0.353. The number of nitrogens with one attached hydrogen (secondary N) is 1. The summed E-state index contributed by atoms with van der Waals surface area (Å²) in [6, 6.07) is 11.2. The zero-order valence-corrected chi connectivity index (χ0v) is 10.9. The smallest absolute Gasteiger partial charge is 0.334 e. The van der Waals surface area contributed by atoms with E-state index in [1.54, 1.807) is 23.1 Å². The van der Waals surface area contributed by atoms with Gasteiger partial charge in [-0.05, 0) is 32.0 Å². The van der Waals surface area contributed by atoms with Gasteiger partial charge in [-0.15, -0.1) is 0 Å². The molecule has 1 heterocycles. The number of aromatic nitrogens is 2. The van der Waals surface area contributed by atoms with Crippen LogP contribution in [0.1, 0.15) is 13.8 Å². The number of carbonyl (C=O) groups is 1. The van der Waals surface area contributed by atoms with Crippen LogP contribution in [-0.4, -0.2) is 21.9 Å². The molecular weight excluding hydrogens is 240 g/mol. The summed E-state index contributed by atoms with van der Waals surface area (Å²) < 4.78 is 1.72. The minimum Gasteiger partial charge on any atom is -0.334 e. The average Bonchev–Trinajstić information content (AvgIpc) is 2.39. The van der Waals surface area contributed by atoms with Crippen molar-refractivity contribution in [1.29, 1.82) is 0 Å². The fraction of sp³-hybridized carbons (Fsp3) is 0.214. The van der Waals surface area contributed by atoms with Crippen LogP contribution in [0.5, 0.6) is 0 Å². The van der Waals surface area contributed by atoms with Crippen molar-refractivity contribution in [2.75, 3.05) is 0 Å². The van der Waals surface area contributed by atoms with E-state index in [1.807, 2.05) is 44.2 Å². The first-order chi connectivity index (χ1) is 9.15. The van der Waals surface area contributed by atoms with Gasteiger partial charge >= 0.3 is 6.03 Å². The molecule has 19 heavy (non-hydrogen) atoms. The fourth-order valence-corrected chi connectivity index (χ4v) is 1.55. The summed E-state index contributed by atoms with van der Waals surface area (Å²) in [6.07, 6.45) is 3.34. The molecule has 1 N–H and O–H groups in total. The lowest BCUT2D eigenvalue weighted by molar-refractivity contribution is 0.246. The largest absolute Gasteiger partial charge is 0.341 e. The molecule has 98 valence electrons. The molecule has 5 heteroatoms. The Kier molecular flexibility index (Phi) is 4.07. The lowest BCUT2D eigenvalue weighted by atomic mass is 10.3. The maximum Gasteiger partial charge on any atom is 0.341 e. The van der Waals surface area contributed by atoms with Gasteiger partial charge in [-0.25, -0.2) is 9.48 Å². The number of carbonyl (C=O) groups excluding carboxylic acids is 1. The predicted octanol–water partition coefficient (Wildman–Crippen LogP) is 1.89. The molecule has 0 aliphatic rings. The molecule has 1 aromatic carbocycles. The summed E-state index contributed by atoms with van der Waals surface area (Å²) in [5, 5.41) is 7.45. The maximum atomic E-state index is 11.5. The molecule has 2 aromatic rings. The van der Waals surface area contributed by atoms with Gasteiger partial charge in [0, 0.05) is 12.2 Å². The normalized spacial score (nSPS) is 11.6. The minimum absolute atomic E-state index is 0.0715. The van der Waals surface area contributed by atoms with Crippen LogP contribution in [-0.2, 0) is 0 Å². The highest BCUT2D eigenvalue weighted by molar-refractivity contribution is 5.75. The highest BCUT2D eigenvalue weighted by atomic mass is 16.2. The molecule has 2 rings (SSSR count). The van der Waals surface area contributed by atoms with Crippen LogP contribution in [0.15, 0.2) is 53.8 Å². The Hall–Kier alpha value is -2.43. The van der Waals surface area contributed by atoms with E-state index < -0.39 is 0 Å². The van der Waals surface area contributed by atoms with Crippen LogP contribution in [0, 0.1) is 0 Å². The second kappa shape index (κ2) is 5.95. The van der Waals surface area contributed by atoms with Gasteiger partial charge in [-0.1, -0.05) is 18.2 Å². The van der Waals surface area contributed by atoms with E-state index in [2.05, 4.69) is 15.4 Å². The first-order valence-corrected chi connectivity index (χ1v) is 6.11. The number of hydrogen-bond donors (Lipinski definition) is 1. The number of nitrogens with zero attached hydrogens (tertiary/aromatic N) is 3. The standard InChI is InChI=1S/C14H16N4O/c1-11(2)16-14(19)17-12-8-9-18(15-10-12)13-6-4-3-5-7-13/h3-11H,1-2H3,(H,16,19). The highest BCUT2D eigenvalue weighted by Crippen LogP contribution is 2.02. The van der Waals surface area contributed by atoms with Gasteiger partial charge in [0.1, 0.15) is 0 Å². The number of rotatable bonds is 2. The third-order valence-electron chi connectivity index (χ3n) is 2.36. The third-order valence-corrected chi connectivity index (χ3v) is 2.36. The molecule has 1 aromatic heterocycles. The van der Waals surface area contributed by atoms with Crippen molar-refractivity contribution in [3.05, 3.63) is 54.1 Å². The molecule has 0 bridgehead atoms. The van der Waals surface area contributed by atoms with Crippen molar-refractivity contribution >= 4 is 6.03 Å². The molecule has 0 saturated heterocycles. The zero-order chi connectivity index (χ0) is 13.7. The van der Waals surface area contributed by atoms with Crippen molar-refractivity contribution in [3.8, 4) is 5.69 Å². The summed E-state index contributed by atoms with van der Waals surface area (Å²) in [6.45, 7) is 3.78. The molecular formula is C14H16N4O. The Morgan fingerprint density at radius 3 is 2.58 bits per heavy atom. The molecule has 5 nitrogen and oxygen atoms in total. The maximum absolute atomic E-state index is 11.5. The van der Waals surface area contributed by atoms with Crippen LogP contribution in [0.4, 0.5) is 4.79 Å². The van der Waals surface area contributed by atoms with Crippen LogP contribution in [0.3, 0.4) is 0 Å². The lowest BCUT2D eigenvalue weighted by Gasteiger charge is -2.04. The van der Waals surface area contributed by atoms with Crippen molar-refractivity contribution in [1.82, 2.24) is 15.1 Å². The van der Waals surface area contributed by atoms with Crippen molar-refractivity contribution in [3.63, 3.8) is 0 Å². The van der Waals surface area contributed by atoms with Gasteiger partial charge < -0.3 is 5.32 Å². The molecule has 0 aliphatic heterocycles. The van der Waals surface area contributed by atoms with Gasteiger partial charge in [0.2, 0.25) is 0 Å². The Morgan fingerprint density at radius 2 is 2.00 bits per heavy atom. The average molecular weight is 256 g/mol. The Balaban J connectivity index is 2.19. The number of amides is 2. The highest BCUT2D eigenvalue weighted by Gasteiger charge is 1.99. The summed E-state index contributed by atoms with van der Waals surface area (Å²) >= 11 is 0. The van der Waals surface area contributed by atoms with Gasteiger partial charge in [0.15, 0.2) is 0 Å². The van der Waals surface area contributed by atoms with E-state index in [-0.39, 0.29) is 12.1 Å². The van der Waals surface area contributed by atoms with Crippen molar-refractivity contribution in [2.45, 2.75) is 19.9 Å². The van der Waals surface area contributed by atoms with Gasteiger partial charge in [0.05, 0.1) is 17.2 Å². The molecule has 0 aliphatic carbocycles. The van der Waals surface area contributed by atoms with Crippen molar-refractivity contribution < 1.29 is 4.79 Å². The summed E-state index contributed by atoms with van der Waals surface area (Å²) in [5.74, 6) is 0. The summed E-state index contributed by atoms with van der Waals surface area (Å²) in [4.78, 5) is 15.4. The van der Waals surface area contributed by atoms with Gasteiger partial charge in [-0.3, -0.25) is 0 Å². The van der Waals surface area contributed by atoms with E-state index in [0.717, 1.165) is 5.69 Å². The topological polar surface area (TPSA) is 59.3 Å². The van der Waals surface area contributed by atoms with E-state index in [9.17, 15) is 4.79 Å². The second-order valence-electron chi connectivity index (χ2n) is 4.38. The third kappa shape index (κ3) is 3.77. The molecule has 0 unspecified atom stereocenters. The molecule has 0 spiro atoms. The van der Waals surface area contributed by atoms with Crippen LogP contribution < -0.4 is 10.7 Å². The van der Waals surface area contributed by atoms with Crippen LogP contribution in [0.2, 0.25) is 0 Å². The monoisotopic (exact) mass is 256 g/mol. The Bertz CT molecular complexity index is 596. The molecule has 2 amide bonds. The summed E-state index contributed by atoms with van der Waals surface area (Å²) in [5.41, 5.74) is 0.959. The molecule has 0 saturated carbocycles. The first-order valence-electron chi connectivity index (χ1n) is 6.11. The molecule has 0 radical (unpaired) electrons. The van der Waals surface area contributed by atoms with E-state index in [0.29, 0.717) is 5.36 Å². The van der Waals surface area contributed by atoms with Crippen LogP contribution >= 0.6 is 0 Å². The quantitative estimate of drug-likeness (QED) is 0.892. The predicted molar refractivity (Wildman–Crippen MR) is 72.8 cm³/mol. The zero-order valence-electron chi connectivity index (χ0n) is 10.9. The van der Waals surface area contributed by atoms with Crippen molar-refractivity contribution in [2.24, 2.45) is 4.99 Å². The lowest BCUT2D eigenvalue weighted by Crippen LogP contribution is -2.29. The van der Waals surface area contributed by atoms with E-state index in [1.165, 1.54) is 0 Å². The number of benzene rings is 1. The number of hydrogen-bond acceptors (Lipinski definition) is 2. The van der Waals surface area contributed by atoms with E-state index in [4.69, 9.17) is 0 Å². The fourth-order valence-electron chi connectivity index (χ4n) is 1.55. The Morgan fingerprint density at radius 1 is 1.26 bits per heavy atom. The summed E-state index contributed by atoms with van der Waals surface area (Å²) in [7, 11) is 0. The SMILES string of the molecule is CC(C)NC(=O)N=c1ccn(-c2ccccc2)nc1. The van der Waals surface area contributed by atoms with E-state index >= 15 is 0 Å². The second-order valence-corrected chi connectivity index (χ2v) is 4.38. The Labute approximate surface area is 111 Å². The number of para-hydroxylation sites is 1. The van der Waals surface area contributed by atoms with Crippen LogP contribution in [0.25, 0.3) is 5.69 Å². The van der Waals surface area contributed by atoms with Gasteiger partial charge in [0.25, 0.3) is 0 Å². The molecule has 0 fully saturated rings. The number of urea groups is 1.